The number of hydrogen-bond donors (Lipinski definition) is 1. The third kappa shape index (κ3) is 2.24. The Morgan fingerprint density at radius 3 is 2.63 bits per heavy atom. The number of amides is 1. The first-order valence-corrected chi connectivity index (χ1v) is 6.76. The summed E-state index contributed by atoms with van der Waals surface area (Å²) in [4.78, 5) is 11.7. The van der Waals surface area contributed by atoms with Crippen molar-refractivity contribution < 1.29 is 13.6 Å². The molecule has 102 valence electrons. The Morgan fingerprint density at radius 2 is 2.11 bits per heavy atom. The van der Waals surface area contributed by atoms with Gasteiger partial charge in [0.05, 0.1) is 0 Å². The molecule has 3 rings (SSSR count). The molecule has 1 aromatic rings. The first kappa shape index (κ1) is 12.6. The lowest BCUT2D eigenvalue weighted by Gasteiger charge is -2.19. The molecule has 0 aromatic heterocycles. The molecule has 1 aromatic carbocycles. The maximum absolute atomic E-state index is 13.9. The molecule has 1 N–H and O–H groups in total. The standard InChI is InChI=1S/C15H17F2NO/c1-9-7-15(9,8-18-14(19)10-2-3-10)12-5-4-11(16)6-13(12)17/h4-6,9-10H,2-3,7-8H2,1H3,(H,18,19). The lowest BCUT2D eigenvalue weighted by atomic mass is 9.92. The van der Waals surface area contributed by atoms with Crippen LogP contribution in [0.3, 0.4) is 0 Å². The van der Waals surface area contributed by atoms with Crippen molar-refractivity contribution in [3.05, 3.63) is 35.4 Å². The van der Waals surface area contributed by atoms with Crippen LogP contribution < -0.4 is 5.32 Å². The van der Waals surface area contributed by atoms with Gasteiger partial charge in [-0.15, -0.1) is 0 Å². The summed E-state index contributed by atoms with van der Waals surface area (Å²) in [5, 5.41) is 2.92. The highest BCUT2D eigenvalue weighted by molar-refractivity contribution is 5.81. The normalized spacial score (nSPS) is 29.1. The van der Waals surface area contributed by atoms with Crippen LogP contribution in [0.25, 0.3) is 0 Å². The minimum absolute atomic E-state index is 0.0704. The van der Waals surface area contributed by atoms with Gasteiger partial charge in [-0.25, -0.2) is 8.78 Å². The molecule has 0 bridgehead atoms. The van der Waals surface area contributed by atoms with E-state index in [1.54, 1.807) is 0 Å². The SMILES string of the molecule is CC1CC1(CNC(=O)C1CC1)c1ccc(F)cc1F. The summed E-state index contributed by atoms with van der Waals surface area (Å²) >= 11 is 0. The molecule has 2 nitrogen and oxygen atoms in total. The number of rotatable bonds is 4. The zero-order chi connectivity index (χ0) is 13.6. The van der Waals surface area contributed by atoms with Crippen molar-refractivity contribution in [1.82, 2.24) is 5.32 Å². The van der Waals surface area contributed by atoms with Crippen LogP contribution in [0.15, 0.2) is 18.2 Å². The Bertz CT molecular complexity index is 527. The summed E-state index contributed by atoms with van der Waals surface area (Å²) in [7, 11) is 0. The molecule has 0 spiro atoms. The van der Waals surface area contributed by atoms with E-state index in [2.05, 4.69) is 5.32 Å². The lowest BCUT2D eigenvalue weighted by Crippen LogP contribution is -2.34. The van der Waals surface area contributed by atoms with Crippen molar-refractivity contribution in [2.45, 2.75) is 31.6 Å². The summed E-state index contributed by atoms with van der Waals surface area (Å²) in [6, 6.07) is 3.72. The molecule has 2 fully saturated rings. The summed E-state index contributed by atoms with van der Waals surface area (Å²) in [6.45, 7) is 2.48. The maximum Gasteiger partial charge on any atom is 0.223 e. The van der Waals surface area contributed by atoms with Gasteiger partial charge in [-0.2, -0.15) is 0 Å². The fraction of sp³-hybridized carbons (Fsp3) is 0.533. The third-order valence-electron chi connectivity index (χ3n) is 4.45. The molecule has 2 atom stereocenters. The molecular formula is C15H17F2NO. The van der Waals surface area contributed by atoms with E-state index in [0.717, 1.165) is 25.3 Å². The van der Waals surface area contributed by atoms with E-state index in [4.69, 9.17) is 0 Å². The third-order valence-corrected chi connectivity index (χ3v) is 4.45. The summed E-state index contributed by atoms with van der Waals surface area (Å²) < 4.78 is 26.9. The van der Waals surface area contributed by atoms with Gasteiger partial charge in [0, 0.05) is 23.9 Å². The van der Waals surface area contributed by atoms with Crippen LogP contribution in [0.1, 0.15) is 31.7 Å². The predicted octanol–water partition coefficient (Wildman–Crippen LogP) is 2.77. The maximum atomic E-state index is 13.9. The second-order valence-corrected chi connectivity index (χ2v) is 5.88. The number of hydrogen-bond acceptors (Lipinski definition) is 1. The van der Waals surface area contributed by atoms with Crippen molar-refractivity contribution in [2.24, 2.45) is 11.8 Å². The summed E-state index contributed by atoms with van der Waals surface area (Å²) in [6.07, 6.45) is 2.75. The Morgan fingerprint density at radius 1 is 1.42 bits per heavy atom. The van der Waals surface area contributed by atoms with Crippen LogP contribution in [-0.4, -0.2) is 12.5 Å². The first-order valence-electron chi connectivity index (χ1n) is 6.76. The Hall–Kier alpha value is -1.45. The highest BCUT2D eigenvalue weighted by Gasteiger charge is 2.53. The minimum Gasteiger partial charge on any atom is -0.355 e. The van der Waals surface area contributed by atoms with Crippen molar-refractivity contribution in [1.29, 1.82) is 0 Å². The molecule has 0 aliphatic heterocycles. The van der Waals surface area contributed by atoms with Crippen LogP contribution in [0.2, 0.25) is 0 Å². The van der Waals surface area contributed by atoms with E-state index >= 15 is 0 Å². The molecule has 2 unspecified atom stereocenters. The van der Waals surface area contributed by atoms with Crippen LogP contribution in [0.4, 0.5) is 8.78 Å². The van der Waals surface area contributed by atoms with Gasteiger partial charge in [0.1, 0.15) is 11.6 Å². The highest BCUT2D eigenvalue weighted by atomic mass is 19.1. The smallest absolute Gasteiger partial charge is 0.223 e. The molecule has 0 heterocycles. The highest BCUT2D eigenvalue weighted by Crippen LogP contribution is 2.54. The molecule has 4 heteroatoms. The predicted molar refractivity (Wildman–Crippen MR) is 67.6 cm³/mol. The van der Waals surface area contributed by atoms with Gasteiger partial charge >= 0.3 is 0 Å². The van der Waals surface area contributed by atoms with Crippen LogP contribution in [-0.2, 0) is 10.2 Å². The lowest BCUT2D eigenvalue weighted by molar-refractivity contribution is -0.122. The van der Waals surface area contributed by atoms with Gasteiger partial charge in [-0.3, -0.25) is 4.79 Å². The fourth-order valence-corrected chi connectivity index (χ4v) is 2.83. The molecule has 2 aliphatic rings. The Kier molecular flexibility index (Phi) is 2.84. The molecular weight excluding hydrogens is 248 g/mol. The van der Waals surface area contributed by atoms with E-state index in [1.807, 2.05) is 6.92 Å². The average Bonchev–Trinajstić information content (AvgIpc) is 3.23. The molecule has 0 saturated heterocycles. The number of benzene rings is 1. The quantitative estimate of drug-likeness (QED) is 0.891. The van der Waals surface area contributed by atoms with E-state index < -0.39 is 11.6 Å². The molecule has 0 radical (unpaired) electrons. The van der Waals surface area contributed by atoms with E-state index in [0.29, 0.717) is 18.0 Å². The second kappa shape index (κ2) is 4.29. The van der Waals surface area contributed by atoms with Gasteiger partial charge in [0.25, 0.3) is 0 Å². The number of carbonyl (C=O) groups is 1. The monoisotopic (exact) mass is 265 g/mol. The van der Waals surface area contributed by atoms with Gasteiger partial charge in [0.2, 0.25) is 5.91 Å². The molecule has 1 amide bonds. The topological polar surface area (TPSA) is 29.1 Å². The summed E-state index contributed by atoms with van der Waals surface area (Å²) in [5.41, 5.74) is 0.181. The fourth-order valence-electron chi connectivity index (χ4n) is 2.83. The second-order valence-electron chi connectivity index (χ2n) is 5.88. The number of carbonyl (C=O) groups excluding carboxylic acids is 1. The van der Waals surface area contributed by atoms with E-state index in [9.17, 15) is 13.6 Å². The van der Waals surface area contributed by atoms with E-state index in [1.165, 1.54) is 12.1 Å². The van der Waals surface area contributed by atoms with Gasteiger partial charge in [-0.05, 0) is 36.8 Å². The largest absolute Gasteiger partial charge is 0.355 e. The Balaban J connectivity index is 1.77. The molecule has 2 aliphatic carbocycles. The van der Waals surface area contributed by atoms with Crippen molar-refractivity contribution in [3.63, 3.8) is 0 Å². The van der Waals surface area contributed by atoms with Crippen molar-refractivity contribution in [2.75, 3.05) is 6.54 Å². The van der Waals surface area contributed by atoms with E-state index in [-0.39, 0.29) is 17.2 Å². The number of nitrogens with one attached hydrogen (secondary N) is 1. The number of halogens is 2. The van der Waals surface area contributed by atoms with Crippen LogP contribution >= 0.6 is 0 Å². The van der Waals surface area contributed by atoms with Crippen LogP contribution in [0, 0.1) is 23.5 Å². The van der Waals surface area contributed by atoms with Crippen LogP contribution in [0.5, 0.6) is 0 Å². The van der Waals surface area contributed by atoms with Gasteiger partial charge < -0.3 is 5.32 Å². The molecule has 2 saturated carbocycles. The minimum atomic E-state index is -0.563. The van der Waals surface area contributed by atoms with Crippen molar-refractivity contribution in [3.8, 4) is 0 Å². The molecule has 19 heavy (non-hydrogen) atoms. The zero-order valence-corrected chi connectivity index (χ0v) is 10.9. The Labute approximate surface area is 111 Å². The first-order chi connectivity index (χ1) is 9.03. The average molecular weight is 265 g/mol. The zero-order valence-electron chi connectivity index (χ0n) is 10.9. The van der Waals surface area contributed by atoms with Gasteiger partial charge in [-0.1, -0.05) is 13.0 Å². The van der Waals surface area contributed by atoms with Crippen molar-refractivity contribution >= 4 is 5.91 Å². The van der Waals surface area contributed by atoms with Gasteiger partial charge in [0.15, 0.2) is 0 Å². The summed E-state index contributed by atoms with van der Waals surface area (Å²) in [5.74, 6) is -0.533.